The molecule has 1 saturated carbocycles. The van der Waals surface area contributed by atoms with Gasteiger partial charge in [-0.1, -0.05) is 45.0 Å². The Labute approximate surface area is 117 Å². The zero-order valence-electron chi connectivity index (χ0n) is 12.8. The molecule has 106 valence electrons. The quantitative estimate of drug-likeness (QED) is 0.813. The molecule has 0 heterocycles. The fraction of sp³-hybridized carbons (Fsp3) is 0.647. The summed E-state index contributed by atoms with van der Waals surface area (Å²) < 4.78 is 0. The fourth-order valence-electron chi connectivity index (χ4n) is 2.86. The number of hydrogen-bond donors (Lipinski definition) is 2. The first-order valence-electron chi connectivity index (χ1n) is 7.31. The van der Waals surface area contributed by atoms with Crippen LogP contribution in [0.4, 0.5) is 0 Å². The third kappa shape index (κ3) is 3.18. The molecule has 2 rings (SSSR count). The molecule has 0 atom stereocenters. The van der Waals surface area contributed by atoms with E-state index in [0.29, 0.717) is 0 Å². The van der Waals surface area contributed by atoms with E-state index in [2.05, 4.69) is 52.0 Å². The molecule has 2 heteroatoms. The zero-order valence-corrected chi connectivity index (χ0v) is 12.8. The van der Waals surface area contributed by atoms with Crippen LogP contribution in [-0.2, 0) is 11.0 Å². The zero-order chi connectivity index (χ0) is 14.3. The smallest absolute Gasteiger partial charge is 0.0411 e. The van der Waals surface area contributed by atoms with Crippen molar-refractivity contribution in [2.45, 2.75) is 69.9 Å². The molecule has 19 heavy (non-hydrogen) atoms. The van der Waals surface area contributed by atoms with Gasteiger partial charge in [-0.2, -0.15) is 0 Å². The van der Waals surface area contributed by atoms with Crippen LogP contribution in [0.1, 0.15) is 64.5 Å². The highest BCUT2D eigenvalue weighted by Crippen LogP contribution is 2.38. The minimum atomic E-state index is -0.185. The lowest BCUT2D eigenvalue weighted by molar-refractivity contribution is 0.217. The van der Waals surface area contributed by atoms with Crippen molar-refractivity contribution >= 4 is 0 Å². The van der Waals surface area contributed by atoms with E-state index in [1.165, 1.54) is 11.1 Å². The maximum absolute atomic E-state index is 6.61. The lowest BCUT2D eigenvalue weighted by atomic mass is 9.70. The molecule has 1 aliphatic rings. The largest absolute Gasteiger partial charge is 0.325 e. The molecule has 0 amide bonds. The molecule has 0 aromatic heterocycles. The third-order valence-electron chi connectivity index (χ3n) is 4.61. The van der Waals surface area contributed by atoms with Crippen LogP contribution < -0.4 is 11.5 Å². The number of rotatable bonds is 1. The van der Waals surface area contributed by atoms with Crippen LogP contribution in [0, 0.1) is 0 Å². The maximum Gasteiger partial charge on any atom is 0.0411 e. The van der Waals surface area contributed by atoms with Gasteiger partial charge in [0.25, 0.3) is 0 Å². The van der Waals surface area contributed by atoms with Gasteiger partial charge in [0.1, 0.15) is 0 Å². The molecule has 0 aliphatic heterocycles. The van der Waals surface area contributed by atoms with Crippen LogP contribution in [0.2, 0.25) is 0 Å². The summed E-state index contributed by atoms with van der Waals surface area (Å²) in [4.78, 5) is 0. The van der Waals surface area contributed by atoms with Gasteiger partial charge in [0, 0.05) is 11.1 Å². The summed E-state index contributed by atoms with van der Waals surface area (Å²) >= 11 is 0. The molecule has 1 aromatic rings. The second-order valence-corrected chi connectivity index (χ2v) is 7.64. The summed E-state index contributed by atoms with van der Waals surface area (Å²) in [5.41, 5.74) is 15.4. The van der Waals surface area contributed by atoms with Crippen LogP contribution in [0.5, 0.6) is 0 Å². The first-order valence-corrected chi connectivity index (χ1v) is 7.31. The highest BCUT2D eigenvalue weighted by molar-refractivity contribution is 5.32. The monoisotopic (exact) mass is 260 g/mol. The van der Waals surface area contributed by atoms with Crippen LogP contribution in [0.3, 0.4) is 0 Å². The van der Waals surface area contributed by atoms with Gasteiger partial charge >= 0.3 is 0 Å². The second-order valence-electron chi connectivity index (χ2n) is 7.64. The topological polar surface area (TPSA) is 52.0 Å². The van der Waals surface area contributed by atoms with E-state index in [0.717, 1.165) is 25.7 Å². The Bertz CT molecular complexity index is 427. The van der Waals surface area contributed by atoms with Crippen LogP contribution in [0.15, 0.2) is 24.3 Å². The van der Waals surface area contributed by atoms with E-state index in [4.69, 9.17) is 11.5 Å². The molecule has 0 radical (unpaired) electrons. The van der Waals surface area contributed by atoms with E-state index >= 15 is 0 Å². The number of benzene rings is 1. The fourth-order valence-corrected chi connectivity index (χ4v) is 2.86. The van der Waals surface area contributed by atoms with Crippen molar-refractivity contribution < 1.29 is 0 Å². The summed E-state index contributed by atoms with van der Waals surface area (Å²) in [6.45, 7) is 8.84. The van der Waals surface area contributed by atoms with Gasteiger partial charge < -0.3 is 11.5 Å². The van der Waals surface area contributed by atoms with E-state index in [9.17, 15) is 0 Å². The third-order valence-corrected chi connectivity index (χ3v) is 4.61. The molecule has 0 saturated heterocycles. The van der Waals surface area contributed by atoms with Gasteiger partial charge in [-0.05, 0) is 49.1 Å². The van der Waals surface area contributed by atoms with E-state index < -0.39 is 0 Å². The summed E-state index contributed by atoms with van der Waals surface area (Å²) in [6.07, 6.45) is 3.97. The molecule has 1 fully saturated rings. The molecule has 4 N–H and O–H groups in total. The maximum atomic E-state index is 6.61. The summed E-state index contributed by atoms with van der Waals surface area (Å²) in [5.74, 6) is 0. The molecule has 1 aliphatic carbocycles. The van der Waals surface area contributed by atoms with Crippen LogP contribution in [-0.4, -0.2) is 5.54 Å². The minimum Gasteiger partial charge on any atom is -0.325 e. The number of nitrogens with two attached hydrogens (primary N) is 2. The molecule has 0 spiro atoms. The summed E-state index contributed by atoms with van der Waals surface area (Å²) in [7, 11) is 0. The van der Waals surface area contributed by atoms with Crippen molar-refractivity contribution in [3.8, 4) is 0 Å². The molecular formula is C17H28N2. The highest BCUT2D eigenvalue weighted by Gasteiger charge is 2.36. The lowest BCUT2D eigenvalue weighted by Crippen LogP contribution is -2.49. The van der Waals surface area contributed by atoms with E-state index in [1.54, 1.807) is 0 Å². The summed E-state index contributed by atoms with van der Waals surface area (Å²) in [5, 5.41) is 0. The van der Waals surface area contributed by atoms with Gasteiger partial charge in [0.05, 0.1) is 0 Å². The molecule has 2 nitrogen and oxygen atoms in total. The Morgan fingerprint density at radius 3 is 1.79 bits per heavy atom. The van der Waals surface area contributed by atoms with Gasteiger partial charge in [0.2, 0.25) is 0 Å². The average molecular weight is 260 g/mol. The first kappa shape index (κ1) is 14.5. The van der Waals surface area contributed by atoms with E-state index in [-0.39, 0.29) is 16.5 Å². The molecule has 0 bridgehead atoms. The summed E-state index contributed by atoms with van der Waals surface area (Å²) in [6, 6.07) is 8.86. The SMILES string of the molecule is CC1(N)CCC(N)(c2ccc(C(C)(C)C)cc2)CC1. The number of hydrogen-bond acceptors (Lipinski definition) is 2. The Balaban J connectivity index is 2.19. The Morgan fingerprint density at radius 1 is 0.895 bits per heavy atom. The standard InChI is InChI=1S/C17H28N2/c1-15(2,3)13-5-7-14(8-6-13)17(19)11-9-16(4,18)10-12-17/h5-8H,9-12,18-19H2,1-4H3. The van der Waals surface area contributed by atoms with E-state index in [1.807, 2.05) is 0 Å². The lowest BCUT2D eigenvalue weighted by Gasteiger charge is -2.41. The second kappa shape index (κ2) is 4.60. The van der Waals surface area contributed by atoms with Crippen molar-refractivity contribution in [3.05, 3.63) is 35.4 Å². The van der Waals surface area contributed by atoms with Crippen molar-refractivity contribution in [2.75, 3.05) is 0 Å². The first-order chi connectivity index (χ1) is 8.62. The molecule has 0 unspecified atom stereocenters. The highest BCUT2D eigenvalue weighted by atomic mass is 14.8. The average Bonchev–Trinajstić information content (AvgIpc) is 2.33. The van der Waals surface area contributed by atoms with Crippen molar-refractivity contribution in [1.82, 2.24) is 0 Å². The van der Waals surface area contributed by atoms with Crippen LogP contribution in [0.25, 0.3) is 0 Å². The Kier molecular flexibility index (Phi) is 3.53. The van der Waals surface area contributed by atoms with Crippen molar-refractivity contribution in [1.29, 1.82) is 0 Å². The van der Waals surface area contributed by atoms with Gasteiger partial charge in [-0.25, -0.2) is 0 Å². The van der Waals surface area contributed by atoms with Gasteiger partial charge in [-0.3, -0.25) is 0 Å². The predicted molar refractivity (Wildman–Crippen MR) is 82.1 cm³/mol. The molecule has 1 aromatic carbocycles. The predicted octanol–water partition coefficient (Wildman–Crippen LogP) is 3.43. The van der Waals surface area contributed by atoms with Gasteiger partial charge in [0.15, 0.2) is 0 Å². The van der Waals surface area contributed by atoms with Crippen molar-refractivity contribution in [3.63, 3.8) is 0 Å². The normalized spacial score (nSPS) is 32.3. The molecular weight excluding hydrogens is 232 g/mol. The van der Waals surface area contributed by atoms with Crippen LogP contribution >= 0.6 is 0 Å². The minimum absolute atomic E-state index is 0.0335. The Morgan fingerprint density at radius 2 is 1.37 bits per heavy atom. The Hall–Kier alpha value is -0.860. The van der Waals surface area contributed by atoms with Crippen molar-refractivity contribution in [2.24, 2.45) is 11.5 Å². The van der Waals surface area contributed by atoms with Gasteiger partial charge in [-0.15, -0.1) is 0 Å².